The first-order valence-electron chi connectivity index (χ1n) is 8.18. The van der Waals surface area contributed by atoms with Gasteiger partial charge in [-0.25, -0.2) is 0 Å². The number of carbonyl (C=O) groups is 1. The van der Waals surface area contributed by atoms with Crippen LogP contribution in [0.15, 0.2) is 18.2 Å². The number of piperidine rings is 1. The molecule has 1 aromatic rings. The lowest BCUT2D eigenvalue weighted by Gasteiger charge is -2.24. The van der Waals surface area contributed by atoms with Crippen LogP contribution in [0.2, 0.25) is 5.02 Å². The summed E-state index contributed by atoms with van der Waals surface area (Å²) in [6.07, 6.45) is 3.29. The van der Waals surface area contributed by atoms with Crippen molar-refractivity contribution >= 4 is 18.1 Å². The maximum Gasteiger partial charge on any atom is 0.293 e. The number of benzene rings is 1. The van der Waals surface area contributed by atoms with E-state index >= 15 is 0 Å². The van der Waals surface area contributed by atoms with E-state index in [2.05, 4.69) is 28.3 Å². The summed E-state index contributed by atoms with van der Waals surface area (Å²) in [5, 5.41) is 4.29. The van der Waals surface area contributed by atoms with E-state index in [1.54, 1.807) is 0 Å². The van der Waals surface area contributed by atoms with Crippen LogP contribution in [-0.2, 0) is 16.0 Å². The molecular formula is C18H29ClN2O2. The summed E-state index contributed by atoms with van der Waals surface area (Å²) < 4.78 is 4.55. The van der Waals surface area contributed by atoms with Gasteiger partial charge in [0.15, 0.2) is 0 Å². The molecule has 1 aliphatic rings. The van der Waals surface area contributed by atoms with Gasteiger partial charge in [0.2, 0.25) is 0 Å². The second kappa shape index (κ2) is 9.91. The number of carbonyl (C=O) groups excluding carboxylic acids is 1. The van der Waals surface area contributed by atoms with E-state index in [4.69, 9.17) is 17.3 Å². The molecule has 0 unspecified atom stereocenters. The highest BCUT2D eigenvalue weighted by Gasteiger charge is 2.17. The maximum absolute atomic E-state index is 9.60. The largest absolute Gasteiger partial charge is 0.462 e. The normalized spacial score (nSPS) is 15.5. The number of nitrogens with one attached hydrogen (secondary N) is 1. The van der Waals surface area contributed by atoms with E-state index in [0.717, 1.165) is 24.5 Å². The number of halogens is 1. The third-order valence-corrected chi connectivity index (χ3v) is 4.01. The lowest BCUT2D eigenvalue weighted by Crippen LogP contribution is -2.26. The summed E-state index contributed by atoms with van der Waals surface area (Å²) in [7, 11) is 0. The molecule has 23 heavy (non-hydrogen) atoms. The molecule has 0 radical (unpaired) electrons. The van der Waals surface area contributed by atoms with Crippen LogP contribution in [0, 0.1) is 0 Å². The quantitative estimate of drug-likeness (QED) is 0.826. The zero-order valence-electron chi connectivity index (χ0n) is 14.4. The summed E-state index contributed by atoms with van der Waals surface area (Å²) in [6, 6.07) is 6.42. The van der Waals surface area contributed by atoms with E-state index in [9.17, 15) is 4.79 Å². The lowest BCUT2D eigenvalue weighted by molar-refractivity contribution is -0.138. The summed E-state index contributed by atoms with van der Waals surface area (Å²) in [5.41, 5.74) is 7.77. The van der Waals surface area contributed by atoms with Crippen molar-refractivity contribution in [2.75, 3.05) is 19.6 Å². The maximum atomic E-state index is 9.60. The van der Waals surface area contributed by atoms with Gasteiger partial charge in [-0.05, 0) is 82.8 Å². The third kappa shape index (κ3) is 7.82. The Morgan fingerprint density at radius 1 is 1.35 bits per heavy atom. The fraction of sp³-hybridized carbons (Fsp3) is 0.611. The van der Waals surface area contributed by atoms with Crippen molar-refractivity contribution in [2.24, 2.45) is 5.73 Å². The molecule has 0 aliphatic carbocycles. The van der Waals surface area contributed by atoms with E-state index in [1.807, 2.05) is 20.8 Å². The van der Waals surface area contributed by atoms with E-state index in [-0.39, 0.29) is 5.60 Å². The van der Waals surface area contributed by atoms with Gasteiger partial charge in [0.05, 0.1) is 0 Å². The van der Waals surface area contributed by atoms with Crippen molar-refractivity contribution in [1.29, 1.82) is 0 Å². The smallest absolute Gasteiger partial charge is 0.293 e. The van der Waals surface area contributed by atoms with E-state index in [1.165, 1.54) is 24.0 Å². The molecule has 0 atom stereocenters. The summed E-state index contributed by atoms with van der Waals surface area (Å²) in [6.45, 7) is 8.81. The molecule has 1 aromatic carbocycles. The van der Waals surface area contributed by atoms with Gasteiger partial charge in [0.1, 0.15) is 5.60 Å². The molecule has 0 spiro atoms. The molecule has 5 heteroatoms. The first kappa shape index (κ1) is 19.9. The Hall–Kier alpha value is -1.10. The van der Waals surface area contributed by atoms with Crippen molar-refractivity contribution < 1.29 is 9.53 Å². The van der Waals surface area contributed by atoms with Crippen molar-refractivity contribution in [1.82, 2.24) is 5.32 Å². The van der Waals surface area contributed by atoms with Gasteiger partial charge in [-0.1, -0.05) is 23.7 Å². The summed E-state index contributed by atoms with van der Waals surface area (Å²) >= 11 is 6.34. The van der Waals surface area contributed by atoms with Crippen molar-refractivity contribution in [3.63, 3.8) is 0 Å². The SMILES string of the molecule is CC(C)(C)OC=O.NCCc1ccc(C2CCNCC2)c(Cl)c1. The molecule has 3 N–H and O–H groups in total. The second-order valence-electron chi connectivity index (χ2n) is 6.75. The molecular weight excluding hydrogens is 312 g/mol. The van der Waals surface area contributed by atoms with Crippen molar-refractivity contribution in [3.8, 4) is 0 Å². The van der Waals surface area contributed by atoms with Crippen LogP contribution in [0.5, 0.6) is 0 Å². The van der Waals surface area contributed by atoms with Crippen LogP contribution in [0.4, 0.5) is 0 Å². The van der Waals surface area contributed by atoms with E-state index in [0.29, 0.717) is 18.9 Å². The lowest BCUT2D eigenvalue weighted by atomic mass is 9.89. The minimum absolute atomic E-state index is 0.318. The molecule has 1 saturated heterocycles. The summed E-state index contributed by atoms with van der Waals surface area (Å²) in [5.74, 6) is 0.626. The predicted molar refractivity (Wildman–Crippen MR) is 96.0 cm³/mol. The van der Waals surface area contributed by atoms with Gasteiger partial charge in [0.25, 0.3) is 6.47 Å². The molecule has 4 nitrogen and oxygen atoms in total. The molecule has 2 rings (SSSR count). The average Bonchev–Trinajstić information content (AvgIpc) is 2.48. The monoisotopic (exact) mass is 340 g/mol. The number of hydrogen-bond acceptors (Lipinski definition) is 4. The van der Waals surface area contributed by atoms with Gasteiger partial charge in [-0.15, -0.1) is 0 Å². The fourth-order valence-corrected chi connectivity index (χ4v) is 2.86. The Kier molecular flexibility index (Phi) is 8.59. The van der Waals surface area contributed by atoms with E-state index < -0.39 is 0 Å². The summed E-state index contributed by atoms with van der Waals surface area (Å²) in [4.78, 5) is 9.60. The standard InChI is InChI=1S/C13H19ClN2.C5H10O2/c14-13-9-10(3-6-15)1-2-12(13)11-4-7-16-8-5-11;1-5(2,3)7-4-6/h1-2,9,11,16H,3-8,15H2;4H,1-3H3. The average molecular weight is 341 g/mol. The van der Waals surface area contributed by atoms with Crippen LogP contribution in [-0.4, -0.2) is 31.7 Å². The Labute approximate surface area is 144 Å². The highest BCUT2D eigenvalue weighted by molar-refractivity contribution is 6.31. The number of ether oxygens (including phenoxy) is 1. The second-order valence-corrected chi connectivity index (χ2v) is 7.15. The van der Waals surface area contributed by atoms with Gasteiger partial charge in [-0.3, -0.25) is 4.79 Å². The molecule has 0 saturated carbocycles. The Morgan fingerprint density at radius 3 is 2.43 bits per heavy atom. The van der Waals surface area contributed by atoms with Gasteiger partial charge in [-0.2, -0.15) is 0 Å². The molecule has 1 fully saturated rings. The fourth-order valence-electron chi connectivity index (χ4n) is 2.50. The highest BCUT2D eigenvalue weighted by Crippen LogP contribution is 2.31. The first-order valence-corrected chi connectivity index (χ1v) is 8.55. The minimum Gasteiger partial charge on any atom is -0.462 e. The number of nitrogens with two attached hydrogens (primary N) is 1. The van der Waals surface area contributed by atoms with Gasteiger partial charge < -0.3 is 15.8 Å². The molecule has 0 bridgehead atoms. The molecule has 1 aliphatic heterocycles. The highest BCUT2D eigenvalue weighted by atomic mass is 35.5. The van der Waals surface area contributed by atoms with Crippen LogP contribution < -0.4 is 11.1 Å². The number of rotatable bonds is 4. The predicted octanol–water partition coefficient (Wildman–Crippen LogP) is 3.27. The molecule has 0 aromatic heterocycles. The van der Waals surface area contributed by atoms with Crippen LogP contribution in [0.25, 0.3) is 0 Å². The van der Waals surface area contributed by atoms with Gasteiger partial charge >= 0.3 is 0 Å². The Balaban J connectivity index is 0.000000322. The first-order chi connectivity index (χ1) is 10.9. The molecule has 130 valence electrons. The topological polar surface area (TPSA) is 64.3 Å². The molecule has 0 amide bonds. The van der Waals surface area contributed by atoms with Crippen molar-refractivity contribution in [3.05, 3.63) is 34.3 Å². The third-order valence-electron chi connectivity index (χ3n) is 3.68. The molecule has 1 heterocycles. The minimum atomic E-state index is -0.318. The Morgan fingerprint density at radius 2 is 2.00 bits per heavy atom. The Bertz CT molecular complexity index is 480. The van der Waals surface area contributed by atoms with Crippen LogP contribution in [0.1, 0.15) is 50.7 Å². The zero-order valence-corrected chi connectivity index (χ0v) is 15.2. The van der Waals surface area contributed by atoms with Crippen LogP contribution >= 0.6 is 11.6 Å². The van der Waals surface area contributed by atoms with Crippen LogP contribution in [0.3, 0.4) is 0 Å². The van der Waals surface area contributed by atoms with Gasteiger partial charge in [0, 0.05) is 5.02 Å². The zero-order chi connectivity index (χ0) is 17.3. The van der Waals surface area contributed by atoms with Crippen molar-refractivity contribution in [2.45, 2.75) is 51.6 Å². The number of hydrogen-bond donors (Lipinski definition) is 2.